The number of quaternary nitrogens is 1. The molecule has 0 aliphatic heterocycles. The molecule has 0 heterocycles. The van der Waals surface area contributed by atoms with Gasteiger partial charge in [-0.3, -0.25) is 0 Å². The third kappa shape index (κ3) is 9.60. The lowest BCUT2D eigenvalue weighted by atomic mass is 10.0. The Morgan fingerprint density at radius 3 is 1.80 bits per heavy atom. The number of carboxylic acids is 1. The van der Waals surface area contributed by atoms with Crippen LogP contribution in [0.5, 0.6) is 0 Å². The summed E-state index contributed by atoms with van der Waals surface area (Å²) in [5.74, 6) is -0.688. The molecule has 4 nitrogen and oxygen atoms in total. The van der Waals surface area contributed by atoms with Crippen LogP contribution in [0, 0.1) is 0 Å². The molecule has 0 radical (unpaired) electrons. The van der Waals surface area contributed by atoms with E-state index in [2.05, 4.69) is 27.7 Å². The summed E-state index contributed by atoms with van der Waals surface area (Å²) in [5, 5.41) is 20.6. The molecule has 150 valence electrons. The van der Waals surface area contributed by atoms with Crippen molar-refractivity contribution in [2.24, 2.45) is 0 Å². The topological polar surface area (TPSA) is 57.5 Å². The van der Waals surface area contributed by atoms with Crippen molar-refractivity contribution in [1.29, 1.82) is 0 Å². The quantitative estimate of drug-likeness (QED) is 0.284. The monoisotopic (exact) mass is 358 g/mol. The van der Waals surface area contributed by atoms with Crippen LogP contribution in [-0.2, 0) is 4.79 Å². The summed E-state index contributed by atoms with van der Waals surface area (Å²) in [4.78, 5) is 12.0. The van der Waals surface area contributed by atoms with Crippen molar-refractivity contribution in [3.05, 3.63) is 0 Å². The summed E-state index contributed by atoms with van der Waals surface area (Å²) in [6, 6.07) is -0.381. The van der Waals surface area contributed by atoms with E-state index in [9.17, 15) is 15.0 Å². The van der Waals surface area contributed by atoms with E-state index in [0.29, 0.717) is 17.4 Å². The maximum atomic E-state index is 12.0. The molecular formula is C21H44NO3+. The zero-order valence-electron chi connectivity index (χ0n) is 17.3. The van der Waals surface area contributed by atoms with Crippen LogP contribution in [0.1, 0.15) is 98.3 Å². The molecule has 0 aliphatic carbocycles. The number of rotatable bonds is 17. The summed E-state index contributed by atoms with van der Waals surface area (Å²) in [6.07, 6.45) is 10.8. The van der Waals surface area contributed by atoms with Crippen LogP contribution in [0.3, 0.4) is 0 Å². The Bertz CT molecular complexity index is 325. The van der Waals surface area contributed by atoms with Gasteiger partial charge in [0, 0.05) is 6.42 Å². The summed E-state index contributed by atoms with van der Waals surface area (Å²) >= 11 is 0. The number of unbranched alkanes of at least 4 members (excludes halogenated alkanes) is 5. The van der Waals surface area contributed by atoms with Crippen molar-refractivity contribution in [3.63, 3.8) is 0 Å². The Kier molecular flexibility index (Phi) is 14.2. The number of aliphatic hydroxyl groups is 1. The van der Waals surface area contributed by atoms with Crippen LogP contribution in [-0.4, -0.2) is 52.4 Å². The number of nitrogens with zero attached hydrogens (tertiary/aromatic N) is 1. The smallest absolute Gasteiger partial charge is 0.362 e. The fourth-order valence-corrected chi connectivity index (χ4v) is 3.90. The van der Waals surface area contributed by atoms with Crippen molar-refractivity contribution in [1.82, 2.24) is 0 Å². The van der Waals surface area contributed by atoms with E-state index in [1.54, 1.807) is 0 Å². The van der Waals surface area contributed by atoms with Gasteiger partial charge in [0.1, 0.15) is 12.6 Å². The molecule has 2 unspecified atom stereocenters. The minimum Gasteiger partial charge on any atom is -0.477 e. The van der Waals surface area contributed by atoms with Gasteiger partial charge >= 0.3 is 5.97 Å². The Hall–Kier alpha value is -0.610. The average molecular weight is 359 g/mol. The molecule has 0 fully saturated rings. The van der Waals surface area contributed by atoms with E-state index in [1.165, 1.54) is 12.8 Å². The number of aliphatic hydroxyl groups excluding tert-OH is 1. The molecular weight excluding hydrogens is 314 g/mol. The van der Waals surface area contributed by atoms with Gasteiger partial charge in [0.25, 0.3) is 0 Å². The fraction of sp³-hybridized carbons (Fsp3) is 0.952. The molecule has 0 aliphatic rings. The lowest BCUT2D eigenvalue weighted by Gasteiger charge is -2.44. The summed E-state index contributed by atoms with van der Waals surface area (Å²) in [7, 11) is 0. The first-order valence-corrected chi connectivity index (χ1v) is 10.7. The van der Waals surface area contributed by atoms with E-state index < -0.39 is 5.97 Å². The van der Waals surface area contributed by atoms with E-state index in [0.717, 1.165) is 64.5 Å². The first-order chi connectivity index (χ1) is 12.0. The first-order valence-electron chi connectivity index (χ1n) is 10.7. The van der Waals surface area contributed by atoms with Crippen LogP contribution in [0.4, 0.5) is 0 Å². The lowest BCUT2D eigenvalue weighted by Crippen LogP contribution is -2.62. The maximum Gasteiger partial charge on any atom is 0.362 e. The Labute approximate surface area is 156 Å². The second-order valence-corrected chi connectivity index (χ2v) is 7.70. The van der Waals surface area contributed by atoms with Crippen LogP contribution in [0.2, 0.25) is 0 Å². The van der Waals surface area contributed by atoms with Crippen molar-refractivity contribution >= 4 is 5.97 Å². The molecule has 0 aromatic heterocycles. The molecule has 0 saturated carbocycles. The largest absolute Gasteiger partial charge is 0.477 e. The highest BCUT2D eigenvalue weighted by Gasteiger charge is 2.41. The van der Waals surface area contributed by atoms with Crippen molar-refractivity contribution < 1.29 is 19.5 Å². The summed E-state index contributed by atoms with van der Waals surface area (Å²) in [6.45, 7) is 10.9. The van der Waals surface area contributed by atoms with Crippen LogP contribution in [0.15, 0.2) is 0 Å². The second kappa shape index (κ2) is 14.5. The number of aliphatic carboxylic acids is 1. The highest BCUT2D eigenvalue weighted by molar-refractivity contribution is 5.72. The molecule has 0 saturated heterocycles. The van der Waals surface area contributed by atoms with Gasteiger partial charge in [-0.2, -0.15) is 0 Å². The molecule has 25 heavy (non-hydrogen) atoms. The predicted octanol–water partition coefficient (Wildman–Crippen LogP) is 4.99. The van der Waals surface area contributed by atoms with Gasteiger partial charge in [-0.15, -0.1) is 0 Å². The zero-order chi connectivity index (χ0) is 19.1. The normalized spacial score (nSPS) is 14.4. The SMILES string of the molecule is CCCCCCC(O)C[N+](CCCC)(CCCC)C(CCC)C(=O)O. The van der Waals surface area contributed by atoms with Gasteiger partial charge in [0.05, 0.1) is 13.1 Å². The Morgan fingerprint density at radius 1 is 0.800 bits per heavy atom. The van der Waals surface area contributed by atoms with Gasteiger partial charge in [0.15, 0.2) is 6.04 Å². The molecule has 2 atom stereocenters. The average Bonchev–Trinajstić information content (AvgIpc) is 2.59. The third-order valence-electron chi connectivity index (χ3n) is 5.39. The number of hydrogen-bond acceptors (Lipinski definition) is 2. The number of carboxylic acid groups (broad SMARTS) is 1. The van der Waals surface area contributed by atoms with Crippen LogP contribution < -0.4 is 0 Å². The minimum atomic E-state index is -0.688. The van der Waals surface area contributed by atoms with E-state index in [1.807, 2.05) is 0 Å². The molecule has 0 aromatic rings. The molecule has 4 heteroatoms. The molecule has 2 N–H and O–H groups in total. The van der Waals surface area contributed by atoms with Gasteiger partial charge in [-0.1, -0.05) is 66.2 Å². The number of hydrogen-bond donors (Lipinski definition) is 2. The molecule has 0 rings (SSSR count). The Balaban J connectivity index is 5.23. The predicted molar refractivity (Wildman–Crippen MR) is 106 cm³/mol. The second-order valence-electron chi connectivity index (χ2n) is 7.70. The summed E-state index contributed by atoms with van der Waals surface area (Å²) in [5.41, 5.74) is 0. The van der Waals surface area contributed by atoms with Crippen molar-refractivity contribution in [2.75, 3.05) is 19.6 Å². The van der Waals surface area contributed by atoms with Gasteiger partial charge in [-0.05, 0) is 25.7 Å². The lowest BCUT2D eigenvalue weighted by molar-refractivity contribution is -0.946. The van der Waals surface area contributed by atoms with Crippen LogP contribution >= 0.6 is 0 Å². The van der Waals surface area contributed by atoms with Gasteiger partial charge in [-0.25, -0.2) is 4.79 Å². The molecule has 0 amide bonds. The standard InChI is InChI=1S/C21H43NO3/c1-5-9-12-13-15-19(23)18-22(16-10-6-2,17-11-7-3)20(14-8-4)21(24)25/h19-20,23H,5-18H2,1-4H3/p+1. The van der Waals surface area contributed by atoms with E-state index in [4.69, 9.17) is 0 Å². The highest BCUT2D eigenvalue weighted by Crippen LogP contribution is 2.24. The Morgan fingerprint density at radius 2 is 1.36 bits per heavy atom. The van der Waals surface area contributed by atoms with Gasteiger partial charge in [0.2, 0.25) is 0 Å². The zero-order valence-corrected chi connectivity index (χ0v) is 17.3. The minimum absolute atomic E-state index is 0.381. The van der Waals surface area contributed by atoms with Crippen molar-refractivity contribution in [3.8, 4) is 0 Å². The summed E-state index contributed by atoms with van der Waals surface area (Å²) < 4.78 is 0.569. The first kappa shape index (κ1) is 24.4. The highest BCUT2D eigenvalue weighted by atomic mass is 16.4. The molecule has 0 aromatic carbocycles. The van der Waals surface area contributed by atoms with E-state index in [-0.39, 0.29) is 12.1 Å². The van der Waals surface area contributed by atoms with Crippen LogP contribution in [0.25, 0.3) is 0 Å². The third-order valence-corrected chi connectivity index (χ3v) is 5.39. The number of carbonyl (C=O) groups is 1. The maximum absolute atomic E-state index is 12.0. The molecule has 0 bridgehead atoms. The van der Waals surface area contributed by atoms with Gasteiger partial charge < -0.3 is 14.7 Å². The molecule has 0 spiro atoms. The van der Waals surface area contributed by atoms with Crippen molar-refractivity contribution in [2.45, 2.75) is 110 Å². The fourth-order valence-electron chi connectivity index (χ4n) is 3.90. The van der Waals surface area contributed by atoms with E-state index >= 15 is 0 Å².